The zero-order valence-corrected chi connectivity index (χ0v) is 45.9. The lowest BCUT2D eigenvalue weighted by molar-refractivity contribution is 1.47. The Balaban J connectivity index is 0.944. The van der Waals surface area contributed by atoms with Gasteiger partial charge in [0.2, 0.25) is 0 Å². The van der Waals surface area contributed by atoms with Crippen LogP contribution in [0.4, 0.5) is 0 Å². The molecule has 0 N–H and O–H groups in total. The molecule has 0 heterocycles. The Labute approximate surface area is 474 Å². The topological polar surface area (TPSA) is 0 Å². The van der Waals surface area contributed by atoms with Crippen molar-refractivity contribution < 1.29 is 0 Å². The summed E-state index contributed by atoms with van der Waals surface area (Å²) in [6, 6.07) is 89.4. The molecule has 0 aromatic heterocycles. The van der Waals surface area contributed by atoms with Gasteiger partial charge in [-0.1, -0.05) is 253 Å². The lowest BCUT2D eigenvalue weighted by Crippen LogP contribution is -1.94. The number of rotatable bonds is 4. The predicted octanol–water partition coefficient (Wildman–Crippen LogP) is 23.3. The van der Waals surface area contributed by atoms with E-state index in [0.717, 1.165) is 0 Å². The molecule has 0 heteroatoms. The highest BCUT2D eigenvalue weighted by molar-refractivity contribution is 6.51. The van der Waals surface area contributed by atoms with Crippen LogP contribution < -0.4 is 0 Å². The molecule has 0 fully saturated rings. The fourth-order valence-electron chi connectivity index (χ4n) is 16.0. The second-order valence-corrected chi connectivity index (χ2v) is 23.9. The average molecular weight is 1040 g/mol. The predicted molar refractivity (Wildman–Crippen MR) is 353 cm³/mol. The van der Waals surface area contributed by atoms with E-state index in [1.54, 1.807) is 0 Å². The quantitative estimate of drug-likeness (QED) is 0.122. The third-order valence-electron chi connectivity index (χ3n) is 19.5. The van der Waals surface area contributed by atoms with E-state index in [1.165, 1.54) is 219 Å². The van der Waals surface area contributed by atoms with Crippen molar-refractivity contribution in [2.75, 3.05) is 0 Å². The number of hydrogen-bond donors (Lipinski definition) is 0. The van der Waals surface area contributed by atoms with Crippen molar-refractivity contribution in [3.63, 3.8) is 0 Å². The Morgan fingerprint density at radius 2 is 0.354 bits per heavy atom. The second kappa shape index (κ2) is 15.8. The Kier molecular flexibility index (Phi) is 8.62. The summed E-state index contributed by atoms with van der Waals surface area (Å²) >= 11 is 0. The minimum atomic E-state index is 1.25. The summed E-state index contributed by atoms with van der Waals surface area (Å²) in [6.07, 6.45) is 0. The molecule has 0 unspecified atom stereocenters. The van der Waals surface area contributed by atoms with Crippen molar-refractivity contribution in [1.82, 2.24) is 0 Å². The maximum atomic E-state index is 2.50. The molecule has 0 saturated heterocycles. The largest absolute Gasteiger partial charge is 0.0616 e. The van der Waals surface area contributed by atoms with Crippen molar-refractivity contribution >= 4 is 108 Å². The molecule has 19 rings (SSSR count). The van der Waals surface area contributed by atoms with Gasteiger partial charge in [-0.2, -0.15) is 0 Å². The van der Waals surface area contributed by atoms with Gasteiger partial charge in [0, 0.05) is 0 Å². The standard InChI is InChI=1S/C82H50/c1-43-17-25-47(26-18-43)67-51-11-5-7-13-53(51)69(49-29-21-45(3)22-30-49)81-65-41-39-61-71-57(35-37-63(75(65)71)79(67)81)59-33-34-60-58-36-38-64-76-66(42-40-62(72(58)76)74-56-16-10-9-15-55(56)73(61)77(59)78(60)74)82-70(50-31-23-46(4)24-32-50)54-14-8-6-12-52(54)68(80(64)82)48-27-19-44(2)20-28-48/h5-42H,1-4H3. The summed E-state index contributed by atoms with van der Waals surface area (Å²) in [5.41, 5.74) is 26.0. The molecule has 0 saturated carbocycles. The molecule has 378 valence electrons. The van der Waals surface area contributed by atoms with Crippen LogP contribution in [-0.2, 0) is 0 Å². The van der Waals surface area contributed by atoms with Crippen molar-refractivity contribution in [2.24, 2.45) is 0 Å². The summed E-state index contributed by atoms with van der Waals surface area (Å²) in [5.74, 6) is 0. The Bertz CT molecular complexity index is 5160. The molecule has 0 radical (unpaired) electrons. The molecule has 0 spiro atoms. The number of fused-ring (bicyclic) bond motifs is 15. The van der Waals surface area contributed by atoms with Gasteiger partial charge in [0.05, 0.1) is 0 Å². The fourth-order valence-corrected chi connectivity index (χ4v) is 16.0. The van der Waals surface area contributed by atoms with Gasteiger partial charge in [0.15, 0.2) is 0 Å². The zero-order chi connectivity index (χ0) is 54.0. The van der Waals surface area contributed by atoms with E-state index in [2.05, 4.69) is 258 Å². The molecule has 2 aliphatic carbocycles. The molecule has 0 aliphatic heterocycles. The third-order valence-corrected chi connectivity index (χ3v) is 19.5. The van der Waals surface area contributed by atoms with Crippen LogP contribution in [0.3, 0.4) is 0 Å². The van der Waals surface area contributed by atoms with Crippen molar-refractivity contribution in [3.05, 3.63) is 253 Å². The van der Waals surface area contributed by atoms with E-state index in [0.29, 0.717) is 0 Å². The lowest BCUT2D eigenvalue weighted by atomic mass is 9.80. The highest BCUT2D eigenvalue weighted by Crippen LogP contribution is 2.63. The van der Waals surface area contributed by atoms with E-state index >= 15 is 0 Å². The van der Waals surface area contributed by atoms with E-state index in [9.17, 15) is 0 Å². The number of aryl methyl sites for hydroxylation is 4. The molecular formula is C82H50. The number of hydrogen-bond acceptors (Lipinski definition) is 0. The van der Waals surface area contributed by atoms with E-state index < -0.39 is 0 Å². The molecule has 17 aromatic carbocycles. The van der Waals surface area contributed by atoms with Crippen LogP contribution in [0.25, 0.3) is 197 Å². The van der Waals surface area contributed by atoms with Gasteiger partial charge in [-0.25, -0.2) is 0 Å². The highest BCUT2D eigenvalue weighted by Gasteiger charge is 2.35. The molecule has 17 aromatic rings. The molecule has 2 aliphatic rings. The van der Waals surface area contributed by atoms with Crippen LogP contribution in [0.1, 0.15) is 22.3 Å². The normalized spacial score (nSPS) is 12.6. The average Bonchev–Trinajstić information content (AvgIpc) is 1.47. The van der Waals surface area contributed by atoms with Crippen molar-refractivity contribution in [1.29, 1.82) is 0 Å². The van der Waals surface area contributed by atoms with Crippen LogP contribution in [0, 0.1) is 27.7 Å². The summed E-state index contributed by atoms with van der Waals surface area (Å²) < 4.78 is 0. The van der Waals surface area contributed by atoms with Crippen molar-refractivity contribution in [2.45, 2.75) is 27.7 Å². The van der Waals surface area contributed by atoms with Gasteiger partial charge in [0.1, 0.15) is 0 Å². The summed E-state index contributed by atoms with van der Waals surface area (Å²) in [5, 5.41) is 26.5. The first-order valence-corrected chi connectivity index (χ1v) is 29.1. The first kappa shape index (κ1) is 44.7. The van der Waals surface area contributed by atoms with Crippen LogP contribution in [-0.4, -0.2) is 0 Å². The summed E-state index contributed by atoms with van der Waals surface area (Å²) in [7, 11) is 0. The molecule has 0 bridgehead atoms. The lowest BCUT2D eigenvalue weighted by Gasteiger charge is -2.22. The molecule has 0 amide bonds. The van der Waals surface area contributed by atoms with Gasteiger partial charge in [0.25, 0.3) is 0 Å². The van der Waals surface area contributed by atoms with Crippen LogP contribution in [0.2, 0.25) is 0 Å². The zero-order valence-electron chi connectivity index (χ0n) is 45.9. The Morgan fingerprint density at radius 3 is 0.634 bits per heavy atom. The fraction of sp³-hybridized carbons (Fsp3) is 0.0488. The maximum absolute atomic E-state index is 2.50. The minimum Gasteiger partial charge on any atom is -0.0616 e. The van der Waals surface area contributed by atoms with Gasteiger partial charge in [-0.05, 0) is 224 Å². The smallest absolute Gasteiger partial charge is 0.000740 e. The second-order valence-electron chi connectivity index (χ2n) is 23.9. The monoisotopic (exact) mass is 1030 g/mol. The van der Waals surface area contributed by atoms with Crippen LogP contribution >= 0.6 is 0 Å². The van der Waals surface area contributed by atoms with E-state index in [4.69, 9.17) is 0 Å². The molecular weight excluding hydrogens is 985 g/mol. The molecule has 0 atom stereocenters. The van der Waals surface area contributed by atoms with Gasteiger partial charge in [-0.3, -0.25) is 0 Å². The van der Waals surface area contributed by atoms with Crippen molar-refractivity contribution in [3.8, 4) is 89.0 Å². The van der Waals surface area contributed by atoms with Crippen LogP contribution in [0.5, 0.6) is 0 Å². The van der Waals surface area contributed by atoms with Gasteiger partial charge in [-0.15, -0.1) is 0 Å². The molecule has 0 nitrogen and oxygen atoms in total. The molecule has 82 heavy (non-hydrogen) atoms. The van der Waals surface area contributed by atoms with Crippen LogP contribution in [0.15, 0.2) is 231 Å². The van der Waals surface area contributed by atoms with Gasteiger partial charge < -0.3 is 0 Å². The van der Waals surface area contributed by atoms with Gasteiger partial charge >= 0.3 is 0 Å². The number of benzene rings is 17. The first-order chi connectivity index (χ1) is 40.4. The van der Waals surface area contributed by atoms with E-state index in [-0.39, 0.29) is 0 Å². The first-order valence-electron chi connectivity index (χ1n) is 29.1. The summed E-state index contributed by atoms with van der Waals surface area (Å²) in [4.78, 5) is 0. The Morgan fingerprint density at radius 1 is 0.146 bits per heavy atom. The summed E-state index contributed by atoms with van der Waals surface area (Å²) in [6.45, 7) is 8.76. The maximum Gasteiger partial charge on any atom is -0.000740 e. The Hall–Kier alpha value is -10.1. The third kappa shape index (κ3) is 5.57. The SMILES string of the molecule is Cc1ccc(-c2c3c(c(-c4ccc(C)cc4)c4ccccc24)-c2ccc4c5c2c-3ccc5c2ccc3c5ccc6c7c(ccc(c75)c5c7ccccc7c4c2c35)-c2c-6c(-c3ccc(C)cc3)c3ccccc3c2-c2ccc(C)cc2)cc1. The van der Waals surface area contributed by atoms with E-state index in [1.807, 2.05) is 0 Å². The highest BCUT2D eigenvalue weighted by atomic mass is 14.4. The minimum absolute atomic E-state index is 1.25.